The minimum atomic E-state index is -0.0770. The van der Waals surface area contributed by atoms with Gasteiger partial charge >= 0.3 is 0 Å². The van der Waals surface area contributed by atoms with Gasteiger partial charge in [-0.25, -0.2) is 4.68 Å². The van der Waals surface area contributed by atoms with Gasteiger partial charge in [-0.1, -0.05) is 49.4 Å². The maximum atomic E-state index is 13.3. The molecule has 1 atom stereocenters. The van der Waals surface area contributed by atoms with Crippen LogP contribution in [0.4, 0.5) is 0 Å². The fourth-order valence-electron chi connectivity index (χ4n) is 5.19. The third-order valence-electron chi connectivity index (χ3n) is 7.62. The number of hydrogen-bond donors (Lipinski definition) is 1. The number of aryl methyl sites for hydroxylation is 2. The Kier molecular flexibility index (Phi) is 8.36. The molecule has 0 aliphatic carbocycles. The summed E-state index contributed by atoms with van der Waals surface area (Å²) >= 11 is 0. The first kappa shape index (κ1) is 27.3. The Hall–Kier alpha value is -4.30. The molecule has 0 radical (unpaired) electrons. The van der Waals surface area contributed by atoms with Crippen LogP contribution in [0.15, 0.2) is 77.6 Å². The topological polar surface area (TPSA) is 88.9 Å². The Morgan fingerprint density at radius 3 is 2.45 bits per heavy atom. The number of aromatic amines is 1. The highest BCUT2D eigenvalue weighted by atomic mass is 16.5. The van der Waals surface area contributed by atoms with E-state index in [2.05, 4.69) is 76.5 Å². The lowest BCUT2D eigenvalue weighted by Gasteiger charge is -2.30. The SMILES string of the molecule is CCC(c1nnnn1Cc1ccc(OC)cc1)N(CCc1ccccc1)Cc1cc2cc(C)c(C)cc2[nH]c1=O. The molecule has 0 amide bonds. The fourth-order valence-corrected chi connectivity index (χ4v) is 5.19. The lowest BCUT2D eigenvalue weighted by Crippen LogP contribution is -2.34. The summed E-state index contributed by atoms with van der Waals surface area (Å²) in [5.41, 5.74) is 6.23. The zero-order valence-electron chi connectivity index (χ0n) is 23.6. The van der Waals surface area contributed by atoms with Crippen molar-refractivity contribution in [1.29, 1.82) is 0 Å². The van der Waals surface area contributed by atoms with E-state index in [1.54, 1.807) is 7.11 Å². The van der Waals surface area contributed by atoms with E-state index in [9.17, 15) is 4.79 Å². The summed E-state index contributed by atoms with van der Waals surface area (Å²) in [4.78, 5) is 18.7. The quantitative estimate of drug-likeness (QED) is 0.244. The molecule has 8 heteroatoms. The smallest absolute Gasteiger partial charge is 0.252 e. The van der Waals surface area contributed by atoms with Crippen molar-refractivity contribution in [1.82, 2.24) is 30.1 Å². The van der Waals surface area contributed by atoms with Gasteiger partial charge in [-0.15, -0.1) is 5.10 Å². The second kappa shape index (κ2) is 12.3. The van der Waals surface area contributed by atoms with E-state index >= 15 is 0 Å². The first-order chi connectivity index (χ1) is 19.4. The molecule has 0 spiro atoms. The van der Waals surface area contributed by atoms with Crippen molar-refractivity contribution in [2.45, 2.75) is 52.7 Å². The Labute approximate surface area is 234 Å². The van der Waals surface area contributed by atoms with E-state index in [0.29, 0.717) is 13.1 Å². The maximum Gasteiger partial charge on any atom is 0.252 e. The Morgan fingerprint density at radius 1 is 0.975 bits per heavy atom. The summed E-state index contributed by atoms with van der Waals surface area (Å²) in [6, 6.07) is 24.5. The Balaban J connectivity index is 1.47. The maximum absolute atomic E-state index is 13.3. The second-order valence-electron chi connectivity index (χ2n) is 10.3. The van der Waals surface area contributed by atoms with Crippen molar-refractivity contribution in [3.63, 3.8) is 0 Å². The summed E-state index contributed by atoms with van der Waals surface area (Å²) in [5, 5.41) is 13.9. The monoisotopic (exact) mass is 536 g/mol. The Morgan fingerprint density at radius 2 is 1.73 bits per heavy atom. The zero-order valence-corrected chi connectivity index (χ0v) is 23.6. The van der Waals surface area contributed by atoms with E-state index < -0.39 is 0 Å². The van der Waals surface area contributed by atoms with Gasteiger partial charge in [0.15, 0.2) is 5.82 Å². The highest BCUT2D eigenvalue weighted by molar-refractivity contribution is 5.80. The standard InChI is InChI=1S/C32H36N6O2/c1-5-30(31-34-35-36-38(31)20-25-11-13-28(40-4)14-12-25)37(16-15-24-9-7-6-8-10-24)21-27-19-26-17-22(2)23(3)18-29(26)33-32(27)39/h6-14,17-19,30H,5,15-16,20-21H2,1-4H3,(H,33,39). The molecule has 1 N–H and O–H groups in total. The van der Waals surface area contributed by atoms with Crippen LogP contribution in [-0.2, 0) is 19.5 Å². The molecule has 0 saturated heterocycles. The van der Waals surface area contributed by atoms with Gasteiger partial charge in [0.2, 0.25) is 0 Å². The highest BCUT2D eigenvalue weighted by Crippen LogP contribution is 2.26. The van der Waals surface area contributed by atoms with Crippen LogP contribution in [0, 0.1) is 13.8 Å². The van der Waals surface area contributed by atoms with Gasteiger partial charge in [0.1, 0.15) is 5.75 Å². The van der Waals surface area contributed by atoms with Gasteiger partial charge in [-0.3, -0.25) is 9.69 Å². The van der Waals surface area contributed by atoms with Crippen molar-refractivity contribution >= 4 is 10.9 Å². The average molecular weight is 537 g/mol. The second-order valence-corrected chi connectivity index (χ2v) is 10.3. The molecule has 206 valence electrons. The summed E-state index contributed by atoms with van der Waals surface area (Å²) < 4.78 is 7.17. The molecule has 1 unspecified atom stereocenters. The molecule has 5 aromatic rings. The van der Waals surface area contributed by atoms with Crippen LogP contribution in [0.5, 0.6) is 5.75 Å². The first-order valence-electron chi connectivity index (χ1n) is 13.7. The van der Waals surface area contributed by atoms with Gasteiger partial charge in [0.05, 0.1) is 19.7 Å². The number of hydrogen-bond acceptors (Lipinski definition) is 6. The molecule has 0 saturated carbocycles. The van der Waals surface area contributed by atoms with Crippen LogP contribution in [0.3, 0.4) is 0 Å². The highest BCUT2D eigenvalue weighted by Gasteiger charge is 2.26. The minimum Gasteiger partial charge on any atom is -0.497 e. The molecule has 0 aliphatic rings. The molecule has 8 nitrogen and oxygen atoms in total. The van der Waals surface area contributed by atoms with E-state index in [0.717, 1.165) is 58.6 Å². The van der Waals surface area contributed by atoms with Crippen LogP contribution < -0.4 is 10.3 Å². The molecule has 0 bridgehead atoms. The normalized spacial score (nSPS) is 12.2. The molecule has 40 heavy (non-hydrogen) atoms. The number of rotatable bonds is 11. The summed E-state index contributed by atoms with van der Waals surface area (Å²) in [6.07, 6.45) is 1.64. The number of nitrogens with zero attached hydrogens (tertiary/aromatic N) is 5. The fraction of sp³-hybridized carbons (Fsp3) is 0.312. The van der Waals surface area contributed by atoms with E-state index in [-0.39, 0.29) is 11.6 Å². The Bertz CT molecular complexity index is 1630. The number of benzene rings is 3. The van der Waals surface area contributed by atoms with Gasteiger partial charge in [-0.05, 0) is 95.1 Å². The van der Waals surface area contributed by atoms with E-state index in [1.165, 1.54) is 11.1 Å². The lowest BCUT2D eigenvalue weighted by atomic mass is 10.0. The van der Waals surface area contributed by atoms with Crippen molar-refractivity contribution < 1.29 is 4.74 Å². The minimum absolute atomic E-state index is 0.0619. The molecule has 2 aromatic heterocycles. The lowest BCUT2D eigenvalue weighted by molar-refractivity contribution is 0.172. The number of nitrogens with one attached hydrogen (secondary N) is 1. The van der Waals surface area contributed by atoms with Crippen LogP contribution in [0.1, 0.15) is 53.0 Å². The van der Waals surface area contributed by atoms with Crippen molar-refractivity contribution in [3.05, 3.63) is 117 Å². The molecular formula is C32H36N6O2. The largest absolute Gasteiger partial charge is 0.497 e. The number of tetrazole rings is 1. The van der Waals surface area contributed by atoms with Crippen molar-refractivity contribution in [3.8, 4) is 5.75 Å². The number of ether oxygens (including phenoxy) is 1. The molecule has 0 fully saturated rings. The summed E-state index contributed by atoms with van der Waals surface area (Å²) in [6.45, 7) is 8.09. The van der Waals surface area contributed by atoms with Crippen LogP contribution in [0.25, 0.3) is 10.9 Å². The molecule has 5 rings (SSSR count). The molecular weight excluding hydrogens is 500 g/mol. The predicted octanol–water partition coefficient (Wildman–Crippen LogP) is 5.38. The summed E-state index contributed by atoms with van der Waals surface area (Å²) in [7, 11) is 1.66. The van der Waals surface area contributed by atoms with E-state index in [4.69, 9.17) is 4.74 Å². The van der Waals surface area contributed by atoms with Gasteiger partial charge in [0.25, 0.3) is 5.56 Å². The third kappa shape index (κ3) is 6.13. The number of aromatic nitrogens is 5. The average Bonchev–Trinajstić information content (AvgIpc) is 3.42. The number of H-pyrrole nitrogens is 1. The van der Waals surface area contributed by atoms with E-state index in [1.807, 2.05) is 47.1 Å². The molecule has 0 aliphatic heterocycles. The van der Waals surface area contributed by atoms with Crippen LogP contribution in [-0.4, -0.2) is 43.7 Å². The van der Waals surface area contributed by atoms with Crippen molar-refractivity contribution in [2.24, 2.45) is 0 Å². The third-order valence-corrected chi connectivity index (χ3v) is 7.62. The number of methoxy groups -OCH3 is 1. The van der Waals surface area contributed by atoms with Gasteiger partial charge in [0, 0.05) is 24.2 Å². The van der Waals surface area contributed by atoms with Crippen LogP contribution >= 0.6 is 0 Å². The number of fused-ring (bicyclic) bond motifs is 1. The predicted molar refractivity (Wildman–Crippen MR) is 158 cm³/mol. The molecule has 2 heterocycles. The summed E-state index contributed by atoms with van der Waals surface area (Å²) in [5.74, 6) is 1.60. The van der Waals surface area contributed by atoms with Crippen molar-refractivity contribution in [2.75, 3.05) is 13.7 Å². The molecule has 3 aromatic carbocycles. The number of pyridine rings is 1. The first-order valence-corrected chi connectivity index (χ1v) is 13.7. The van der Waals surface area contributed by atoms with Gasteiger partial charge < -0.3 is 9.72 Å². The van der Waals surface area contributed by atoms with Crippen LogP contribution in [0.2, 0.25) is 0 Å². The zero-order chi connectivity index (χ0) is 28.1. The van der Waals surface area contributed by atoms with Gasteiger partial charge in [-0.2, -0.15) is 0 Å².